The van der Waals surface area contributed by atoms with Crippen molar-refractivity contribution in [2.75, 3.05) is 37.3 Å². The van der Waals surface area contributed by atoms with Crippen LogP contribution in [0.25, 0.3) is 17.4 Å². The van der Waals surface area contributed by atoms with Crippen LogP contribution < -0.4 is 4.90 Å². The summed E-state index contributed by atoms with van der Waals surface area (Å²) in [6.07, 6.45) is 3.68. The van der Waals surface area contributed by atoms with Gasteiger partial charge in [0.05, 0.1) is 12.7 Å². The molecule has 0 atom stereocenters. The summed E-state index contributed by atoms with van der Waals surface area (Å²) in [5.74, 6) is 1.69. The maximum Gasteiger partial charge on any atom is 0.266 e. The first-order valence-electron chi connectivity index (χ1n) is 10.7. The molecule has 34 heavy (non-hydrogen) atoms. The van der Waals surface area contributed by atoms with Crippen LogP contribution in [0.4, 0.5) is 5.88 Å². The van der Waals surface area contributed by atoms with E-state index in [0.717, 1.165) is 17.0 Å². The monoisotopic (exact) mass is 478 g/mol. The lowest BCUT2D eigenvalue weighted by atomic mass is 10.1. The standard InChI is InChI=1S/C22H22N8O3S/c1-13-15(14(2)30-21(24-13)26-22(27-30)34-3)11-18(31)28-6-8-29(9-7-28)20-16(12-23)25-19(33-20)17-5-4-10-32-17/h4-5,10H,6-9,11H2,1-3H3. The number of thioether (sulfide) groups is 1. The van der Waals surface area contributed by atoms with Crippen LogP contribution in [0.15, 0.2) is 32.4 Å². The maximum atomic E-state index is 13.1. The Labute approximate surface area is 199 Å². The second-order valence-electron chi connectivity index (χ2n) is 7.88. The van der Waals surface area contributed by atoms with Gasteiger partial charge in [0.1, 0.15) is 6.07 Å². The Bertz CT molecular complexity index is 1390. The molecule has 4 aromatic rings. The van der Waals surface area contributed by atoms with Gasteiger partial charge in [-0.3, -0.25) is 4.79 Å². The van der Waals surface area contributed by atoms with Gasteiger partial charge in [-0.05, 0) is 32.2 Å². The number of fused-ring (bicyclic) bond motifs is 1. The quantitative estimate of drug-likeness (QED) is 0.394. The molecule has 5 rings (SSSR count). The Morgan fingerprint density at radius 2 is 2.00 bits per heavy atom. The molecule has 174 valence electrons. The van der Waals surface area contributed by atoms with Crippen LogP contribution in [0, 0.1) is 25.2 Å². The molecule has 0 radical (unpaired) electrons. The summed E-state index contributed by atoms with van der Waals surface area (Å²) in [5, 5.41) is 14.6. The summed E-state index contributed by atoms with van der Waals surface area (Å²) < 4.78 is 12.9. The van der Waals surface area contributed by atoms with E-state index in [1.807, 2.05) is 29.9 Å². The van der Waals surface area contributed by atoms with Crippen LogP contribution in [0.5, 0.6) is 0 Å². The second-order valence-corrected chi connectivity index (χ2v) is 8.65. The molecule has 1 aliphatic rings. The minimum Gasteiger partial charge on any atom is -0.459 e. The van der Waals surface area contributed by atoms with Crippen molar-refractivity contribution in [2.24, 2.45) is 0 Å². The van der Waals surface area contributed by atoms with E-state index < -0.39 is 0 Å². The molecule has 1 aliphatic heterocycles. The molecule has 0 N–H and O–H groups in total. The fraction of sp³-hybridized carbons (Fsp3) is 0.364. The number of oxazole rings is 1. The summed E-state index contributed by atoms with van der Waals surface area (Å²) in [5.41, 5.74) is 2.72. The molecule has 0 aromatic carbocycles. The number of nitrogens with zero attached hydrogens (tertiary/aromatic N) is 8. The summed E-state index contributed by atoms with van der Waals surface area (Å²) in [6, 6.07) is 5.54. The van der Waals surface area contributed by atoms with Crippen LogP contribution >= 0.6 is 11.8 Å². The zero-order chi connectivity index (χ0) is 23.8. The van der Waals surface area contributed by atoms with Crippen molar-refractivity contribution < 1.29 is 13.6 Å². The van der Waals surface area contributed by atoms with Crippen molar-refractivity contribution in [3.8, 4) is 17.7 Å². The predicted molar refractivity (Wildman–Crippen MR) is 123 cm³/mol. The molecular weight excluding hydrogens is 456 g/mol. The van der Waals surface area contributed by atoms with Gasteiger partial charge in [-0.2, -0.15) is 15.2 Å². The van der Waals surface area contributed by atoms with Crippen molar-refractivity contribution in [1.82, 2.24) is 29.5 Å². The second kappa shape index (κ2) is 8.83. The Kier molecular flexibility index (Phi) is 5.70. The lowest BCUT2D eigenvalue weighted by molar-refractivity contribution is -0.130. The molecular formula is C22H22N8O3S. The van der Waals surface area contributed by atoms with Gasteiger partial charge < -0.3 is 18.6 Å². The summed E-state index contributed by atoms with van der Waals surface area (Å²) in [4.78, 5) is 30.1. The number of amides is 1. The number of anilines is 1. The molecule has 4 aromatic heterocycles. The van der Waals surface area contributed by atoms with E-state index in [-0.39, 0.29) is 23.9 Å². The lowest BCUT2D eigenvalue weighted by Crippen LogP contribution is -2.49. The van der Waals surface area contributed by atoms with Crippen molar-refractivity contribution >= 4 is 29.3 Å². The first kappa shape index (κ1) is 22.0. The highest BCUT2D eigenvalue weighted by Crippen LogP contribution is 2.29. The third-order valence-corrected chi connectivity index (χ3v) is 6.44. The smallest absolute Gasteiger partial charge is 0.266 e. The molecule has 0 saturated carbocycles. The predicted octanol–water partition coefficient (Wildman–Crippen LogP) is 2.47. The van der Waals surface area contributed by atoms with Gasteiger partial charge in [-0.15, -0.1) is 5.10 Å². The Morgan fingerprint density at radius 3 is 2.68 bits per heavy atom. The molecule has 1 amide bonds. The Balaban J connectivity index is 1.29. The van der Waals surface area contributed by atoms with Crippen molar-refractivity contribution in [3.63, 3.8) is 0 Å². The van der Waals surface area contributed by atoms with Crippen LogP contribution in [0.3, 0.4) is 0 Å². The molecule has 0 aliphatic carbocycles. The molecule has 0 unspecified atom stereocenters. The van der Waals surface area contributed by atoms with Crippen molar-refractivity contribution in [1.29, 1.82) is 5.26 Å². The van der Waals surface area contributed by atoms with Gasteiger partial charge in [-0.25, -0.2) is 9.50 Å². The summed E-state index contributed by atoms with van der Waals surface area (Å²) >= 11 is 1.45. The number of hydrogen-bond acceptors (Lipinski definition) is 10. The van der Waals surface area contributed by atoms with E-state index in [1.165, 1.54) is 18.0 Å². The molecule has 1 fully saturated rings. The van der Waals surface area contributed by atoms with Gasteiger partial charge in [0.15, 0.2) is 5.76 Å². The van der Waals surface area contributed by atoms with Crippen molar-refractivity contribution in [2.45, 2.75) is 25.4 Å². The summed E-state index contributed by atoms with van der Waals surface area (Å²) in [6.45, 7) is 5.91. The minimum absolute atomic E-state index is 0.0200. The maximum absolute atomic E-state index is 13.1. The third-order valence-electron chi connectivity index (χ3n) is 5.91. The summed E-state index contributed by atoms with van der Waals surface area (Å²) in [7, 11) is 0. The number of aryl methyl sites for hydroxylation is 2. The molecule has 0 spiro atoms. The number of piperazine rings is 1. The highest BCUT2D eigenvalue weighted by atomic mass is 32.2. The van der Waals surface area contributed by atoms with Gasteiger partial charge in [0, 0.05) is 43.1 Å². The third kappa shape index (κ3) is 3.88. The van der Waals surface area contributed by atoms with Gasteiger partial charge in [0.25, 0.3) is 11.7 Å². The van der Waals surface area contributed by atoms with E-state index in [4.69, 9.17) is 8.83 Å². The fourth-order valence-corrected chi connectivity index (χ4v) is 4.40. The van der Waals surface area contributed by atoms with E-state index in [0.29, 0.717) is 48.8 Å². The van der Waals surface area contributed by atoms with E-state index in [9.17, 15) is 10.1 Å². The molecule has 12 heteroatoms. The fourth-order valence-electron chi connectivity index (χ4n) is 4.06. The van der Waals surface area contributed by atoms with Gasteiger partial charge >= 0.3 is 0 Å². The number of aromatic nitrogens is 5. The highest BCUT2D eigenvalue weighted by Gasteiger charge is 2.28. The minimum atomic E-state index is 0.0200. The zero-order valence-electron chi connectivity index (χ0n) is 19.0. The number of carbonyl (C=O) groups is 1. The van der Waals surface area contributed by atoms with E-state index >= 15 is 0 Å². The number of carbonyl (C=O) groups excluding carboxylic acids is 1. The van der Waals surface area contributed by atoms with Gasteiger partial charge in [0.2, 0.25) is 22.6 Å². The van der Waals surface area contributed by atoms with Crippen LogP contribution in [-0.4, -0.2) is 67.8 Å². The lowest BCUT2D eigenvalue weighted by Gasteiger charge is -2.34. The zero-order valence-corrected chi connectivity index (χ0v) is 19.8. The largest absolute Gasteiger partial charge is 0.459 e. The number of rotatable bonds is 5. The molecule has 0 bridgehead atoms. The molecule has 1 saturated heterocycles. The average molecular weight is 479 g/mol. The molecule has 11 nitrogen and oxygen atoms in total. The number of nitriles is 1. The van der Waals surface area contributed by atoms with Crippen LogP contribution in [-0.2, 0) is 11.2 Å². The Hall–Kier alpha value is -3.85. The highest BCUT2D eigenvalue weighted by molar-refractivity contribution is 7.98. The number of furan rings is 1. The average Bonchev–Trinajstić information content (AvgIpc) is 3.60. The van der Waals surface area contributed by atoms with E-state index in [1.54, 1.807) is 16.6 Å². The Morgan fingerprint density at radius 1 is 1.21 bits per heavy atom. The first-order chi connectivity index (χ1) is 16.5. The van der Waals surface area contributed by atoms with E-state index in [2.05, 4.69) is 26.1 Å². The normalized spacial score (nSPS) is 14.1. The van der Waals surface area contributed by atoms with Crippen LogP contribution in [0.1, 0.15) is 22.6 Å². The first-order valence-corrected chi connectivity index (χ1v) is 11.9. The number of hydrogen-bond donors (Lipinski definition) is 0. The van der Waals surface area contributed by atoms with Crippen molar-refractivity contribution in [3.05, 3.63) is 41.0 Å². The van der Waals surface area contributed by atoms with Gasteiger partial charge in [-0.1, -0.05) is 11.8 Å². The van der Waals surface area contributed by atoms with Crippen LogP contribution in [0.2, 0.25) is 0 Å². The SMILES string of the molecule is CSc1nc2nc(C)c(CC(=O)N3CCN(c4oc(-c5ccco5)nc4C#N)CC3)c(C)n2n1. The topological polar surface area (TPSA) is 130 Å². The molecule has 5 heterocycles.